The van der Waals surface area contributed by atoms with E-state index in [-0.39, 0.29) is 81.3 Å². The molecule has 2 atom stereocenters. The van der Waals surface area contributed by atoms with Gasteiger partial charge < -0.3 is 60.7 Å². The van der Waals surface area contributed by atoms with E-state index in [1.807, 2.05) is 170 Å². The molecular formula is C73H120B2Cl3N17O10Si3. The Hall–Kier alpha value is -6.47. The van der Waals surface area contributed by atoms with Crippen molar-refractivity contribution < 1.29 is 47.0 Å². The fourth-order valence-electron chi connectivity index (χ4n) is 10.2. The summed E-state index contributed by atoms with van der Waals surface area (Å²) in [4.78, 5) is 25.9. The van der Waals surface area contributed by atoms with E-state index < -0.39 is 24.2 Å². The van der Waals surface area contributed by atoms with Gasteiger partial charge >= 0.3 is 14.2 Å². The molecule has 35 heteroatoms. The molecule has 10 aromatic heterocycles. The van der Waals surface area contributed by atoms with Gasteiger partial charge in [0.2, 0.25) is 0 Å². The number of aromatic amines is 2. The highest BCUT2D eigenvalue weighted by molar-refractivity contribution is 6.76. The Morgan fingerprint density at radius 2 is 0.898 bits per heavy atom. The van der Waals surface area contributed by atoms with Crippen molar-refractivity contribution in [2.45, 2.75) is 230 Å². The summed E-state index contributed by atoms with van der Waals surface area (Å²) in [5.74, 6) is 0. The van der Waals surface area contributed by atoms with Crippen molar-refractivity contribution in [2.24, 2.45) is 0 Å². The number of H-pyrrole nitrogens is 2. The highest BCUT2D eigenvalue weighted by Gasteiger charge is 2.53. The zero-order valence-corrected chi connectivity index (χ0v) is 72.3. The molecule has 108 heavy (non-hydrogen) atoms. The molecule has 0 spiro atoms. The smallest absolute Gasteiger partial charge is 0.498 e. The number of nitrogens with one attached hydrogen (secondary N) is 2. The first-order chi connectivity index (χ1) is 49.5. The van der Waals surface area contributed by atoms with Crippen LogP contribution in [-0.2, 0) is 67.2 Å². The standard InChI is InChI=1S/C19H29N5O2Si.C15H21N5OSi.C13H23BN2O3.C12H18ClN3OSi.C9H15BN2O2.C4H8O.CH4.2ClH/c1-6-26-15(2)24-12-16(11-22-24)18-17-7-8-23(19(17)21-13-20-18)14-25-9-10-27(3,4)5;1-22(2,3)7-6-21-11-20-5-4-13-14(12-8-18-19-9-12)16-10-17-15(13)20;1-7-17-10(2)16-9-11(8-15-16)14-18-12(3,4)13(5,6)19-14;1-18(2,3)7-6-17-9-16-5-4-10-11(13)14-8-15-12(10)16;1-8(2)9(3,4)14-10(13-8)7-5-11-12-6-7;1-3-5-4-2;;;/h7-8,11-13,15H,6,9-10,14H2,1-5H3;4-5,8-10H,6-7,11H2,1-3H3,(H,18,19);8-10H,7H2,1-6H3;4-5,8H,6-7,9H2,1-3H3;5-6H,1-4H3,(H,11,12);3H,1,4H2,2H3;1H4;2*1H. The van der Waals surface area contributed by atoms with Gasteiger partial charge in [-0.1, -0.05) is 84.5 Å². The van der Waals surface area contributed by atoms with Crippen molar-refractivity contribution >= 4 is 119 Å². The van der Waals surface area contributed by atoms with Gasteiger partial charge in [0.05, 0.1) is 64.4 Å². The van der Waals surface area contributed by atoms with E-state index in [2.05, 4.69) is 131 Å². The lowest BCUT2D eigenvalue weighted by atomic mass is 9.82. The Balaban J connectivity index is 0.000000282. The highest BCUT2D eigenvalue weighted by Crippen LogP contribution is 2.38. The molecule has 12 heterocycles. The van der Waals surface area contributed by atoms with Crippen LogP contribution in [0.1, 0.15) is 110 Å². The Morgan fingerprint density at radius 1 is 0.509 bits per heavy atom. The second kappa shape index (κ2) is 42.2. The third-order valence-electron chi connectivity index (χ3n) is 18.0. The third-order valence-corrected chi connectivity index (χ3v) is 23.4. The minimum absolute atomic E-state index is 0. The summed E-state index contributed by atoms with van der Waals surface area (Å²) >= 11 is 5.99. The number of rotatable bonds is 27. The minimum Gasteiger partial charge on any atom is -0.502 e. The quantitative estimate of drug-likeness (QED) is 0.0209. The topological polar surface area (TPSA) is 277 Å². The molecule has 596 valence electrons. The SMILES string of the molecule is C.C=COCC.CC1(C)OB(c2cn[nH]c2)OC1(C)C.CCOC(C)n1cc(-c2ncnc3c2ccn3COCC[Si](C)(C)C)cn1.CCOC(C)n1cc(B2OC(C)(C)C(C)(C)O2)cn1.C[Si](C)(C)CCOCn1ccc2c(-c3cn[nH]c3)ncnc21.C[Si](C)(C)CCOCn1ccc2c(Cl)ncnc21.Cl.Cl. The van der Waals surface area contributed by atoms with Crippen LogP contribution in [0, 0.1) is 0 Å². The van der Waals surface area contributed by atoms with Crippen LogP contribution in [0.2, 0.25) is 82.2 Å². The maximum Gasteiger partial charge on any atom is 0.498 e. The molecule has 0 aliphatic carbocycles. The largest absolute Gasteiger partial charge is 0.502 e. The van der Waals surface area contributed by atoms with Gasteiger partial charge in [0.15, 0.2) is 0 Å². The maximum atomic E-state index is 5.99. The van der Waals surface area contributed by atoms with Gasteiger partial charge in [-0.2, -0.15) is 20.4 Å². The summed E-state index contributed by atoms with van der Waals surface area (Å²) in [7, 11) is -3.82. The molecule has 0 radical (unpaired) electrons. The Kier molecular flexibility index (Phi) is 36.7. The van der Waals surface area contributed by atoms with Crippen LogP contribution in [0.25, 0.3) is 55.6 Å². The van der Waals surface area contributed by atoms with Crippen LogP contribution in [0.15, 0.2) is 118 Å². The summed E-state index contributed by atoms with van der Waals surface area (Å²) in [5.41, 5.74) is 6.89. The van der Waals surface area contributed by atoms with Crippen LogP contribution < -0.4 is 10.9 Å². The number of aromatic nitrogens is 17. The molecule has 0 amide bonds. The van der Waals surface area contributed by atoms with Crippen LogP contribution in [0.3, 0.4) is 0 Å². The number of ether oxygens (including phenoxy) is 6. The summed E-state index contributed by atoms with van der Waals surface area (Å²) in [6, 6.07) is 9.47. The number of fused-ring (bicyclic) bond motifs is 3. The molecule has 10 aromatic rings. The first-order valence-electron chi connectivity index (χ1n) is 36.0. The Bertz CT molecular complexity index is 4200. The molecule has 2 aliphatic rings. The van der Waals surface area contributed by atoms with E-state index in [0.29, 0.717) is 38.6 Å². The van der Waals surface area contributed by atoms with E-state index in [1.165, 1.54) is 24.7 Å². The molecule has 2 aliphatic heterocycles. The zero-order chi connectivity index (χ0) is 77.0. The second-order valence-electron chi connectivity index (χ2n) is 31.1. The minimum atomic E-state index is -1.08. The highest BCUT2D eigenvalue weighted by atomic mass is 35.5. The molecule has 2 fully saturated rings. The monoisotopic (exact) mass is 1610 g/mol. The van der Waals surface area contributed by atoms with Gasteiger partial charge in [0, 0.05) is 146 Å². The summed E-state index contributed by atoms with van der Waals surface area (Å²) in [6.07, 6.45) is 26.4. The number of halogens is 3. The van der Waals surface area contributed by atoms with Crippen molar-refractivity contribution in [1.82, 2.24) is 83.6 Å². The Labute approximate surface area is 660 Å². The van der Waals surface area contributed by atoms with Crippen molar-refractivity contribution in [3.63, 3.8) is 0 Å². The fraction of sp³-hybridized carbons (Fsp3) is 0.562. The molecular weight excluding hydrogens is 1490 g/mol. The lowest BCUT2D eigenvalue weighted by molar-refractivity contribution is 0.00578. The molecule has 12 rings (SSSR count). The molecule has 27 nitrogen and oxygen atoms in total. The maximum absolute atomic E-state index is 5.99. The van der Waals surface area contributed by atoms with Gasteiger partial charge in [-0.25, -0.2) is 39.3 Å². The normalized spacial score (nSPS) is 15.3. The van der Waals surface area contributed by atoms with Crippen LogP contribution >= 0.6 is 36.4 Å². The Morgan fingerprint density at radius 3 is 1.29 bits per heavy atom. The van der Waals surface area contributed by atoms with E-state index in [1.54, 1.807) is 42.1 Å². The van der Waals surface area contributed by atoms with Gasteiger partial charge in [-0.05, 0) is 126 Å². The second-order valence-corrected chi connectivity index (χ2v) is 48.3. The lowest BCUT2D eigenvalue weighted by Gasteiger charge is -2.32. The van der Waals surface area contributed by atoms with E-state index >= 15 is 0 Å². The summed E-state index contributed by atoms with van der Waals surface area (Å²) in [6.45, 7) is 56.5. The number of nitrogens with zero attached hydrogens (tertiary/aromatic N) is 15. The van der Waals surface area contributed by atoms with Gasteiger partial charge in [0.25, 0.3) is 0 Å². The average molecular weight is 1610 g/mol. The van der Waals surface area contributed by atoms with Gasteiger partial charge in [-0.3, -0.25) is 10.2 Å². The molecule has 2 N–H and O–H groups in total. The molecule has 0 aromatic carbocycles. The number of hydrogen-bond donors (Lipinski definition) is 2. The van der Waals surface area contributed by atoms with Crippen molar-refractivity contribution in [1.29, 1.82) is 0 Å². The predicted octanol–water partition coefficient (Wildman–Crippen LogP) is 15.8. The molecule has 0 saturated carbocycles. The number of hydrogen-bond acceptors (Lipinski definition) is 20. The first kappa shape index (κ1) is 93.9. The van der Waals surface area contributed by atoms with Crippen LogP contribution in [0.5, 0.6) is 0 Å². The third kappa shape index (κ3) is 27.2. The summed E-state index contributed by atoms with van der Waals surface area (Å²) in [5, 5.41) is 25.5. The molecule has 2 saturated heterocycles. The van der Waals surface area contributed by atoms with Gasteiger partial charge in [-0.15, -0.1) is 24.8 Å². The fourth-order valence-corrected chi connectivity index (χ4v) is 12.7. The van der Waals surface area contributed by atoms with E-state index in [4.69, 9.17) is 53.9 Å². The van der Waals surface area contributed by atoms with Crippen molar-refractivity contribution in [2.75, 3.05) is 39.6 Å². The van der Waals surface area contributed by atoms with Crippen LogP contribution in [0.4, 0.5) is 0 Å². The predicted molar refractivity (Wildman–Crippen MR) is 447 cm³/mol. The molecule has 0 bridgehead atoms. The molecule has 2 unspecified atom stereocenters. The van der Waals surface area contributed by atoms with E-state index in [9.17, 15) is 0 Å². The summed E-state index contributed by atoms with van der Waals surface area (Å²) < 4.78 is 66.3. The average Bonchev–Trinajstić information content (AvgIpc) is 1.63. The van der Waals surface area contributed by atoms with Crippen molar-refractivity contribution in [3.8, 4) is 22.5 Å². The van der Waals surface area contributed by atoms with Gasteiger partial charge in [0.1, 0.15) is 73.7 Å². The first-order valence-corrected chi connectivity index (χ1v) is 47.5. The van der Waals surface area contributed by atoms with E-state index in [0.717, 1.165) is 99.0 Å². The zero-order valence-electron chi connectivity index (χ0n) is 66.9. The van der Waals surface area contributed by atoms with Crippen LogP contribution in [-0.4, -0.2) is 184 Å². The van der Waals surface area contributed by atoms with Crippen molar-refractivity contribution in [3.05, 3.63) is 123 Å². The lowest BCUT2D eigenvalue weighted by Crippen LogP contribution is -2.41.